The molecule has 3 atom stereocenters. The third-order valence-electron chi connectivity index (χ3n) is 7.99. The largest absolute Gasteiger partial charge is 0.484 e. The van der Waals surface area contributed by atoms with E-state index in [-0.39, 0.29) is 23.2 Å². The van der Waals surface area contributed by atoms with Gasteiger partial charge < -0.3 is 19.4 Å². The van der Waals surface area contributed by atoms with Crippen molar-refractivity contribution in [3.05, 3.63) is 35.2 Å². The summed E-state index contributed by atoms with van der Waals surface area (Å²) in [5.74, 6) is -3.05. The van der Waals surface area contributed by atoms with Crippen molar-refractivity contribution in [3.63, 3.8) is 0 Å². The molecule has 1 spiro atoms. The normalized spacial score (nSPS) is 26.1. The molecule has 4 aliphatic rings. The topological polar surface area (TPSA) is 67.6 Å². The van der Waals surface area contributed by atoms with Crippen LogP contribution in [0.1, 0.15) is 61.2 Å². The molecule has 1 aromatic carbocycles. The van der Waals surface area contributed by atoms with Crippen LogP contribution in [0.3, 0.4) is 0 Å². The van der Waals surface area contributed by atoms with Crippen LogP contribution in [-0.2, 0) is 6.42 Å². The first kappa shape index (κ1) is 23.5. The fourth-order valence-corrected chi connectivity index (χ4v) is 6.15. The molecule has 1 aromatic heterocycles. The number of carbonyl (C=O) groups excluding carboxylic acids is 1. The number of benzene rings is 1. The summed E-state index contributed by atoms with van der Waals surface area (Å²) < 4.78 is 79.6. The number of alkyl halides is 3. The van der Waals surface area contributed by atoms with Gasteiger partial charge in [-0.2, -0.15) is 18.2 Å². The van der Waals surface area contributed by atoms with Gasteiger partial charge in [0.1, 0.15) is 12.2 Å². The fourth-order valence-electron chi connectivity index (χ4n) is 6.15. The quantitative estimate of drug-likeness (QED) is 0.492. The summed E-state index contributed by atoms with van der Waals surface area (Å²) in [6, 6.07) is 1.72. The predicted molar refractivity (Wildman–Crippen MR) is 119 cm³/mol. The molecular formula is C25H26F5N3O3. The highest BCUT2D eigenvalue weighted by Crippen LogP contribution is 2.53. The second kappa shape index (κ2) is 8.34. The summed E-state index contributed by atoms with van der Waals surface area (Å²) >= 11 is 0. The highest BCUT2D eigenvalue weighted by Gasteiger charge is 2.48. The van der Waals surface area contributed by atoms with E-state index < -0.39 is 47.3 Å². The first-order chi connectivity index (χ1) is 17.1. The number of oxazole rings is 1. The van der Waals surface area contributed by atoms with Crippen LogP contribution in [-0.4, -0.2) is 36.3 Å². The molecule has 11 heteroatoms. The Morgan fingerprint density at radius 2 is 1.75 bits per heavy atom. The van der Waals surface area contributed by atoms with Crippen molar-refractivity contribution in [1.29, 1.82) is 0 Å². The maximum Gasteiger partial charge on any atom is 0.396 e. The van der Waals surface area contributed by atoms with E-state index in [1.54, 1.807) is 4.90 Å². The number of rotatable bonds is 6. The Labute approximate surface area is 204 Å². The second-order valence-corrected chi connectivity index (χ2v) is 10.8. The summed E-state index contributed by atoms with van der Waals surface area (Å²) in [4.78, 5) is 18.6. The van der Waals surface area contributed by atoms with Crippen LogP contribution >= 0.6 is 0 Å². The van der Waals surface area contributed by atoms with Gasteiger partial charge in [-0.25, -0.2) is 8.78 Å². The Kier molecular flexibility index (Phi) is 5.46. The van der Waals surface area contributed by atoms with E-state index in [1.165, 1.54) is 0 Å². The average Bonchev–Trinajstić information content (AvgIpc) is 3.15. The van der Waals surface area contributed by atoms with Gasteiger partial charge in [0, 0.05) is 36.3 Å². The highest BCUT2D eigenvalue weighted by molar-refractivity contribution is 6.03. The Hall–Kier alpha value is -2.85. The van der Waals surface area contributed by atoms with E-state index in [0.717, 1.165) is 57.1 Å². The van der Waals surface area contributed by atoms with Gasteiger partial charge in [-0.1, -0.05) is 12.8 Å². The van der Waals surface area contributed by atoms with Crippen LogP contribution in [0.5, 0.6) is 5.75 Å². The van der Waals surface area contributed by atoms with Gasteiger partial charge in [-0.15, -0.1) is 0 Å². The van der Waals surface area contributed by atoms with E-state index in [9.17, 15) is 26.7 Å². The van der Waals surface area contributed by atoms with Crippen molar-refractivity contribution >= 4 is 17.6 Å². The molecule has 1 aliphatic heterocycles. The minimum Gasteiger partial charge on any atom is -0.484 e. The van der Waals surface area contributed by atoms with E-state index >= 15 is 0 Å². The summed E-state index contributed by atoms with van der Waals surface area (Å²) in [5, 5.41) is 2.26. The molecule has 6 rings (SSSR count). The smallest absolute Gasteiger partial charge is 0.396 e. The number of halogens is 5. The zero-order valence-electron chi connectivity index (χ0n) is 19.5. The van der Waals surface area contributed by atoms with E-state index in [2.05, 4.69) is 10.3 Å². The van der Waals surface area contributed by atoms with Crippen molar-refractivity contribution in [2.45, 2.75) is 63.6 Å². The molecule has 194 valence electrons. The van der Waals surface area contributed by atoms with Crippen LogP contribution in [0.25, 0.3) is 0 Å². The molecule has 2 unspecified atom stereocenters. The molecule has 36 heavy (non-hydrogen) atoms. The maximum atomic E-state index is 14.6. The van der Waals surface area contributed by atoms with Gasteiger partial charge in [0.15, 0.2) is 23.1 Å². The number of amides is 1. The molecule has 3 saturated carbocycles. The van der Waals surface area contributed by atoms with Gasteiger partial charge in [-0.3, -0.25) is 4.79 Å². The minimum atomic E-state index is -4.63. The molecular weight excluding hydrogens is 485 g/mol. The average molecular weight is 511 g/mol. The number of nitrogens with zero attached hydrogens (tertiary/aromatic N) is 2. The molecule has 1 saturated heterocycles. The number of hydrogen-bond donors (Lipinski definition) is 1. The SMILES string of the molecule is O=C(Nc1cc(F)c(OC2CC3C[C@@H]3C2)c(F)c1)c1nc(N2CC3(CCCC3)C2)oc1CC(F)(F)F. The number of anilines is 2. The number of fused-ring (bicyclic) bond motifs is 1. The Balaban J connectivity index is 1.18. The Morgan fingerprint density at radius 1 is 1.11 bits per heavy atom. The fraction of sp³-hybridized carbons (Fsp3) is 0.600. The van der Waals surface area contributed by atoms with Crippen LogP contribution in [0.15, 0.2) is 16.5 Å². The maximum absolute atomic E-state index is 14.6. The van der Waals surface area contributed by atoms with E-state index in [4.69, 9.17) is 9.15 Å². The standard InChI is InChI=1S/C25H26F5N3O3/c26-17-8-15(9-18(27)21(17)35-16-6-13-5-14(13)7-16)31-22(34)20-19(10-25(28,29)30)36-23(32-20)33-11-24(12-33)3-1-2-4-24/h8-9,13-14,16H,1-7,10-12H2,(H,31,34)/t13-,14?,16?/m1/s1. The predicted octanol–water partition coefficient (Wildman–Crippen LogP) is 5.87. The molecule has 0 radical (unpaired) electrons. The summed E-state index contributed by atoms with van der Waals surface area (Å²) in [7, 11) is 0. The number of carbonyl (C=O) groups is 1. The number of ether oxygens (including phenoxy) is 1. The third kappa shape index (κ3) is 4.52. The number of aromatic nitrogens is 1. The van der Waals surface area contributed by atoms with Crippen LogP contribution in [0.4, 0.5) is 33.7 Å². The lowest BCUT2D eigenvalue weighted by molar-refractivity contribution is -0.130. The number of hydrogen-bond acceptors (Lipinski definition) is 5. The minimum absolute atomic E-state index is 0.0485. The highest BCUT2D eigenvalue weighted by atomic mass is 19.4. The molecule has 1 amide bonds. The lowest BCUT2D eigenvalue weighted by Gasteiger charge is -2.47. The zero-order valence-corrected chi connectivity index (χ0v) is 19.5. The lowest BCUT2D eigenvalue weighted by atomic mass is 9.79. The van der Waals surface area contributed by atoms with Crippen molar-refractivity contribution in [3.8, 4) is 5.75 Å². The van der Waals surface area contributed by atoms with Crippen molar-refractivity contribution < 1.29 is 35.9 Å². The van der Waals surface area contributed by atoms with Crippen LogP contribution < -0.4 is 15.0 Å². The molecule has 4 fully saturated rings. The monoisotopic (exact) mass is 511 g/mol. The lowest BCUT2D eigenvalue weighted by Crippen LogP contribution is -2.55. The van der Waals surface area contributed by atoms with Crippen molar-refractivity contribution in [2.24, 2.45) is 17.3 Å². The second-order valence-electron chi connectivity index (χ2n) is 10.8. The van der Waals surface area contributed by atoms with E-state index in [1.807, 2.05) is 0 Å². The van der Waals surface area contributed by atoms with Gasteiger partial charge in [-0.05, 0) is 43.9 Å². The molecule has 0 bridgehead atoms. The first-order valence-corrected chi connectivity index (χ1v) is 12.4. The summed E-state index contributed by atoms with van der Waals surface area (Å²) in [5.41, 5.74) is -0.673. The van der Waals surface area contributed by atoms with Gasteiger partial charge in [0.2, 0.25) is 0 Å². The molecule has 3 aliphatic carbocycles. The van der Waals surface area contributed by atoms with Crippen molar-refractivity contribution in [2.75, 3.05) is 23.3 Å². The molecule has 1 N–H and O–H groups in total. The van der Waals surface area contributed by atoms with Crippen LogP contribution in [0, 0.1) is 28.9 Å². The number of nitrogens with one attached hydrogen (secondary N) is 1. The first-order valence-electron chi connectivity index (χ1n) is 12.4. The summed E-state index contributed by atoms with van der Waals surface area (Å²) in [6.07, 6.45) is 0.614. The van der Waals surface area contributed by atoms with Crippen molar-refractivity contribution in [1.82, 2.24) is 4.98 Å². The summed E-state index contributed by atoms with van der Waals surface area (Å²) in [6.45, 7) is 1.22. The van der Waals surface area contributed by atoms with Crippen LogP contribution in [0.2, 0.25) is 0 Å². The Morgan fingerprint density at radius 3 is 2.36 bits per heavy atom. The molecule has 2 aromatic rings. The zero-order chi connectivity index (χ0) is 25.2. The third-order valence-corrected chi connectivity index (χ3v) is 7.99. The van der Waals surface area contributed by atoms with Gasteiger partial charge >= 0.3 is 6.18 Å². The van der Waals surface area contributed by atoms with Gasteiger partial charge in [0.05, 0.1) is 6.10 Å². The molecule has 6 nitrogen and oxygen atoms in total. The van der Waals surface area contributed by atoms with E-state index in [0.29, 0.717) is 24.9 Å². The Bertz CT molecular complexity index is 1150. The van der Waals surface area contributed by atoms with Gasteiger partial charge in [0.25, 0.3) is 11.9 Å². The molecule has 2 heterocycles.